The quantitative estimate of drug-likeness (QED) is 0.327. The smallest absolute Gasteiger partial charge is 0.191 e. The molecule has 2 saturated heterocycles. The summed E-state index contributed by atoms with van der Waals surface area (Å²) in [5.74, 6) is 1.65. The zero-order chi connectivity index (χ0) is 19.2. The van der Waals surface area contributed by atoms with Crippen LogP contribution in [0.1, 0.15) is 58.8 Å². The predicted molar refractivity (Wildman–Crippen MR) is 112 cm³/mol. The summed E-state index contributed by atoms with van der Waals surface area (Å²) in [7, 11) is 0. The van der Waals surface area contributed by atoms with E-state index in [1.165, 1.54) is 45.3 Å². The van der Waals surface area contributed by atoms with Crippen molar-refractivity contribution in [2.45, 2.75) is 64.8 Å². The number of ether oxygens (including phenoxy) is 2. The number of aliphatic imine (C=N–C) groups is 1. The first-order chi connectivity index (χ1) is 13.3. The van der Waals surface area contributed by atoms with Gasteiger partial charge in [-0.25, -0.2) is 0 Å². The van der Waals surface area contributed by atoms with Crippen molar-refractivity contribution in [1.82, 2.24) is 15.5 Å². The lowest BCUT2D eigenvalue weighted by molar-refractivity contribution is 0.0205. The Kier molecular flexibility index (Phi) is 11.8. The van der Waals surface area contributed by atoms with Crippen molar-refractivity contribution in [2.24, 2.45) is 10.9 Å². The maximum atomic E-state index is 5.84. The first-order valence-corrected chi connectivity index (χ1v) is 11.2. The highest BCUT2D eigenvalue weighted by molar-refractivity contribution is 5.80. The molecule has 0 saturated carbocycles. The second-order valence-corrected chi connectivity index (χ2v) is 7.86. The van der Waals surface area contributed by atoms with Gasteiger partial charge in [-0.3, -0.25) is 4.99 Å². The summed E-state index contributed by atoms with van der Waals surface area (Å²) < 4.78 is 11.2. The van der Waals surface area contributed by atoms with Gasteiger partial charge in [0.2, 0.25) is 0 Å². The second-order valence-electron chi connectivity index (χ2n) is 7.86. The Labute approximate surface area is 166 Å². The highest BCUT2D eigenvalue weighted by atomic mass is 16.5. The minimum atomic E-state index is 0.547. The lowest BCUT2D eigenvalue weighted by Gasteiger charge is -2.33. The molecule has 0 amide bonds. The highest BCUT2D eigenvalue weighted by Crippen LogP contribution is 2.14. The Balaban J connectivity index is 1.58. The van der Waals surface area contributed by atoms with Crippen LogP contribution in [0.4, 0.5) is 0 Å². The minimum absolute atomic E-state index is 0.547. The second kappa shape index (κ2) is 14.2. The van der Waals surface area contributed by atoms with Crippen LogP contribution in [0.5, 0.6) is 0 Å². The molecule has 158 valence electrons. The maximum Gasteiger partial charge on any atom is 0.191 e. The maximum absolute atomic E-state index is 5.84. The van der Waals surface area contributed by atoms with Gasteiger partial charge in [0.05, 0.1) is 0 Å². The van der Waals surface area contributed by atoms with Crippen LogP contribution >= 0.6 is 0 Å². The number of piperidine rings is 1. The molecule has 6 nitrogen and oxygen atoms in total. The van der Waals surface area contributed by atoms with Gasteiger partial charge in [-0.05, 0) is 57.9 Å². The summed E-state index contributed by atoms with van der Waals surface area (Å²) in [5.41, 5.74) is 0. The van der Waals surface area contributed by atoms with Crippen molar-refractivity contribution in [3.63, 3.8) is 0 Å². The van der Waals surface area contributed by atoms with Gasteiger partial charge < -0.3 is 25.0 Å². The summed E-state index contributed by atoms with van der Waals surface area (Å²) in [6, 6.07) is 0.547. The number of nitrogens with zero attached hydrogens (tertiary/aromatic N) is 2. The van der Waals surface area contributed by atoms with Crippen LogP contribution in [-0.4, -0.2) is 76.1 Å². The Morgan fingerprint density at radius 3 is 2.59 bits per heavy atom. The topological polar surface area (TPSA) is 58.1 Å². The first-order valence-electron chi connectivity index (χ1n) is 11.2. The van der Waals surface area contributed by atoms with Crippen LogP contribution < -0.4 is 10.6 Å². The van der Waals surface area contributed by atoms with Crippen molar-refractivity contribution in [2.75, 3.05) is 59.2 Å². The highest BCUT2D eigenvalue weighted by Gasteiger charge is 2.19. The predicted octanol–water partition coefficient (Wildman–Crippen LogP) is 2.64. The summed E-state index contributed by atoms with van der Waals surface area (Å²) in [6.07, 6.45) is 8.29. The number of likely N-dealkylation sites (tertiary alicyclic amines) is 1. The van der Waals surface area contributed by atoms with Crippen LogP contribution in [0.25, 0.3) is 0 Å². The molecule has 6 heteroatoms. The number of unbranched alkanes of at least 4 members (excludes halogenated alkanes) is 1. The molecule has 0 unspecified atom stereocenters. The molecule has 2 heterocycles. The summed E-state index contributed by atoms with van der Waals surface area (Å²) >= 11 is 0. The van der Waals surface area contributed by atoms with E-state index in [0.717, 1.165) is 64.7 Å². The van der Waals surface area contributed by atoms with Gasteiger partial charge in [-0.15, -0.1) is 0 Å². The Hall–Kier alpha value is -0.850. The largest absolute Gasteiger partial charge is 0.381 e. The van der Waals surface area contributed by atoms with Crippen LogP contribution in [0.3, 0.4) is 0 Å². The molecule has 2 aliphatic heterocycles. The van der Waals surface area contributed by atoms with Gasteiger partial charge in [0.15, 0.2) is 5.96 Å². The van der Waals surface area contributed by atoms with Gasteiger partial charge in [-0.1, -0.05) is 13.3 Å². The Bertz CT molecular complexity index is 392. The average Bonchev–Trinajstić information content (AvgIpc) is 2.71. The monoisotopic (exact) mass is 382 g/mol. The molecule has 27 heavy (non-hydrogen) atoms. The molecule has 2 rings (SSSR count). The number of hydrogen-bond acceptors (Lipinski definition) is 4. The van der Waals surface area contributed by atoms with Gasteiger partial charge in [0.25, 0.3) is 0 Å². The molecule has 2 N–H and O–H groups in total. The summed E-state index contributed by atoms with van der Waals surface area (Å²) in [5, 5.41) is 7.02. The molecule has 0 atom stereocenters. The van der Waals surface area contributed by atoms with Gasteiger partial charge >= 0.3 is 0 Å². The van der Waals surface area contributed by atoms with Crippen molar-refractivity contribution in [1.29, 1.82) is 0 Å². The molecular formula is C21H42N4O2. The third-order valence-electron chi connectivity index (χ3n) is 5.51. The third kappa shape index (κ3) is 9.77. The van der Waals surface area contributed by atoms with E-state index in [1.807, 2.05) is 0 Å². The molecule has 0 aromatic rings. The van der Waals surface area contributed by atoms with Crippen molar-refractivity contribution < 1.29 is 9.47 Å². The van der Waals surface area contributed by atoms with Gasteiger partial charge in [0.1, 0.15) is 0 Å². The van der Waals surface area contributed by atoms with Gasteiger partial charge in [-0.2, -0.15) is 0 Å². The van der Waals surface area contributed by atoms with E-state index >= 15 is 0 Å². The zero-order valence-electron chi connectivity index (χ0n) is 17.7. The number of rotatable bonds is 11. The van der Waals surface area contributed by atoms with E-state index in [0.29, 0.717) is 12.0 Å². The fraction of sp³-hybridized carbons (Fsp3) is 0.952. The van der Waals surface area contributed by atoms with Crippen LogP contribution in [0.15, 0.2) is 4.99 Å². The molecule has 0 spiro atoms. The normalized spacial score (nSPS) is 20.7. The van der Waals surface area contributed by atoms with Gasteiger partial charge in [0, 0.05) is 58.6 Å². The lowest BCUT2D eigenvalue weighted by Crippen LogP contribution is -2.48. The molecular weight excluding hydrogens is 340 g/mol. The van der Waals surface area contributed by atoms with Crippen molar-refractivity contribution in [3.05, 3.63) is 0 Å². The van der Waals surface area contributed by atoms with Crippen LogP contribution in [0, 0.1) is 5.92 Å². The van der Waals surface area contributed by atoms with Crippen molar-refractivity contribution >= 4 is 5.96 Å². The van der Waals surface area contributed by atoms with E-state index in [4.69, 9.17) is 14.5 Å². The van der Waals surface area contributed by atoms with E-state index in [2.05, 4.69) is 29.4 Å². The van der Waals surface area contributed by atoms with Crippen LogP contribution in [-0.2, 0) is 9.47 Å². The first kappa shape index (κ1) is 22.4. The van der Waals surface area contributed by atoms with E-state index in [9.17, 15) is 0 Å². The molecule has 0 aromatic heterocycles. The van der Waals surface area contributed by atoms with E-state index < -0.39 is 0 Å². The van der Waals surface area contributed by atoms with E-state index in [-0.39, 0.29) is 0 Å². The number of nitrogens with one attached hydrogen (secondary N) is 2. The Morgan fingerprint density at radius 2 is 1.89 bits per heavy atom. The molecule has 2 fully saturated rings. The lowest BCUT2D eigenvalue weighted by atomic mass is 10.0. The molecule has 0 aromatic carbocycles. The molecule has 0 aliphatic carbocycles. The SMILES string of the molecule is CCCCN1CCC(NC(=NCCCOCC2CCOCC2)NCC)CC1. The third-order valence-corrected chi connectivity index (χ3v) is 5.51. The van der Waals surface area contributed by atoms with Crippen molar-refractivity contribution in [3.8, 4) is 0 Å². The summed E-state index contributed by atoms with van der Waals surface area (Å²) in [4.78, 5) is 7.34. The van der Waals surface area contributed by atoms with E-state index in [1.54, 1.807) is 0 Å². The average molecular weight is 383 g/mol. The minimum Gasteiger partial charge on any atom is -0.381 e. The number of guanidine groups is 1. The number of hydrogen-bond donors (Lipinski definition) is 2. The standard InChI is InChI=1S/C21H42N4O2/c1-3-5-12-25-13-7-20(8-14-25)24-21(22-4-2)23-11-6-15-27-18-19-9-16-26-17-10-19/h19-20H,3-18H2,1-2H3,(H2,22,23,24). The Morgan fingerprint density at radius 1 is 1.11 bits per heavy atom. The summed E-state index contributed by atoms with van der Waals surface area (Å²) in [6.45, 7) is 13.3. The molecule has 0 radical (unpaired) electrons. The molecule has 2 aliphatic rings. The molecule has 0 bridgehead atoms. The fourth-order valence-corrected chi connectivity index (χ4v) is 3.72. The zero-order valence-corrected chi connectivity index (χ0v) is 17.7. The fourth-order valence-electron chi connectivity index (χ4n) is 3.72. The van der Waals surface area contributed by atoms with Crippen LogP contribution in [0.2, 0.25) is 0 Å².